The van der Waals surface area contributed by atoms with E-state index in [1.54, 1.807) is 0 Å². The topological polar surface area (TPSA) is 18.5 Å². The third-order valence-corrected chi connectivity index (χ3v) is 6.56. The molecule has 2 aromatic rings. The summed E-state index contributed by atoms with van der Waals surface area (Å²) in [5, 5.41) is 0. The molecule has 0 aliphatic heterocycles. The fraction of sp³-hybridized carbons (Fsp3) is 0.455. The lowest BCUT2D eigenvalue weighted by Crippen LogP contribution is -3.61. The van der Waals surface area contributed by atoms with Gasteiger partial charge in [0.1, 0.15) is 11.5 Å². The van der Waals surface area contributed by atoms with Crippen LogP contribution in [-0.2, 0) is 0 Å². The lowest BCUT2D eigenvalue weighted by atomic mass is 10.1. The van der Waals surface area contributed by atoms with E-state index in [1.165, 1.54) is 31.1 Å². The van der Waals surface area contributed by atoms with Crippen molar-refractivity contribution in [3.8, 4) is 11.5 Å². The third kappa shape index (κ3) is 6.53. The van der Waals surface area contributed by atoms with Gasteiger partial charge in [-0.1, -0.05) is 26.7 Å². The van der Waals surface area contributed by atoms with Crippen LogP contribution in [0.25, 0.3) is 0 Å². The van der Waals surface area contributed by atoms with Gasteiger partial charge in [0.2, 0.25) is 0 Å². The van der Waals surface area contributed by atoms with Gasteiger partial charge in [-0.25, -0.2) is 0 Å². The molecule has 0 fully saturated rings. The van der Waals surface area contributed by atoms with Gasteiger partial charge < -0.3 is 9.47 Å². The first-order valence-electron chi connectivity index (χ1n) is 9.25. The monoisotopic (exact) mass is 453 g/mol. The van der Waals surface area contributed by atoms with Crippen LogP contribution in [0.3, 0.4) is 0 Å². The highest BCUT2D eigenvalue weighted by molar-refractivity contribution is 5.39. The van der Waals surface area contributed by atoms with Crippen LogP contribution in [0.5, 0.6) is 11.5 Å². The number of unbranched alkanes of at least 4 members (excludes halogenated alkanes) is 2. The van der Waals surface area contributed by atoms with Gasteiger partial charge in [0.25, 0.3) is 0 Å². The zero-order valence-corrected chi connectivity index (χ0v) is 18.1. The highest BCUT2D eigenvalue weighted by atomic mass is 127. The van der Waals surface area contributed by atoms with Crippen molar-refractivity contribution in [3.05, 3.63) is 54.7 Å². The minimum Gasteiger partial charge on any atom is -0.494 e. The Morgan fingerprint density at radius 2 is 1.32 bits per heavy atom. The SMILES string of the molecule is CCCCOc1ccc([I+]c2cc(C)c(OCCCC)c(C)c2)cc1. The number of hydrogen-bond donors (Lipinski definition) is 0. The van der Waals surface area contributed by atoms with Gasteiger partial charge in [0.15, 0.2) is 7.14 Å². The molecule has 3 heteroatoms. The van der Waals surface area contributed by atoms with Crippen LogP contribution in [0.4, 0.5) is 0 Å². The van der Waals surface area contributed by atoms with Crippen LogP contribution in [-0.4, -0.2) is 13.2 Å². The maximum absolute atomic E-state index is 5.97. The Morgan fingerprint density at radius 1 is 0.760 bits per heavy atom. The average Bonchev–Trinajstić information content (AvgIpc) is 2.59. The molecule has 0 aromatic heterocycles. The van der Waals surface area contributed by atoms with Crippen LogP contribution in [0.15, 0.2) is 36.4 Å². The molecule has 0 spiro atoms. The Hall–Kier alpha value is -1.23. The van der Waals surface area contributed by atoms with Gasteiger partial charge in [0.05, 0.1) is 13.2 Å². The van der Waals surface area contributed by atoms with Crippen molar-refractivity contribution >= 4 is 0 Å². The largest absolute Gasteiger partial charge is 0.494 e. The van der Waals surface area contributed by atoms with Crippen molar-refractivity contribution in [2.24, 2.45) is 0 Å². The lowest BCUT2D eigenvalue weighted by Gasteiger charge is -2.11. The second kappa shape index (κ2) is 10.7. The first kappa shape index (κ1) is 20.1. The molecule has 2 aromatic carbocycles. The van der Waals surface area contributed by atoms with Gasteiger partial charge in [-0.2, -0.15) is 0 Å². The summed E-state index contributed by atoms with van der Waals surface area (Å²) >= 11 is -0.175. The van der Waals surface area contributed by atoms with E-state index in [9.17, 15) is 0 Å². The predicted molar refractivity (Wildman–Crippen MR) is 101 cm³/mol. The second-order valence-electron chi connectivity index (χ2n) is 6.32. The van der Waals surface area contributed by atoms with Crippen molar-refractivity contribution in [2.75, 3.05) is 13.2 Å². The summed E-state index contributed by atoms with van der Waals surface area (Å²) in [4.78, 5) is 0. The lowest BCUT2D eigenvalue weighted by molar-refractivity contribution is -0.597. The summed E-state index contributed by atoms with van der Waals surface area (Å²) in [7, 11) is 0. The molecule has 136 valence electrons. The number of ether oxygens (including phenoxy) is 2. The molecule has 25 heavy (non-hydrogen) atoms. The minimum absolute atomic E-state index is 0.175. The quantitative estimate of drug-likeness (QED) is 0.407. The first-order valence-corrected chi connectivity index (χ1v) is 11.4. The molecule has 0 radical (unpaired) electrons. The summed E-state index contributed by atoms with van der Waals surface area (Å²) in [6, 6.07) is 13.2. The molecule has 0 N–H and O–H groups in total. The molecular weight excluding hydrogens is 423 g/mol. The van der Waals surface area contributed by atoms with Crippen LogP contribution >= 0.6 is 0 Å². The molecule has 0 bridgehead atoms. The number of hydrogen-bond acceptors (Lipinski definition) is 2. The highest BCUT2D eigenvalue weighted by Crippen LogP contribution is 2.22. The van der Waals surface area contributed by atoms with Crippen molar-refractivity contribution in [2.45, 2.75) is 53.4 Å². The van der Waals surface area contributed by atoms with Gasteiger partial charge in [-0.15, -0.1) is 0 Å². The Labute approximate surface area is 163 Å². The molecule has 2 rings (SSSR count). The normalized spacial score (nSPS) is 10.7. The molecule has 0 heterocycles. The molecule has 0 saturated heterocycles. The predicted octanol–water partition coefficient (Wildman–Crippen LogP) is 2.79. The number of benzene rings is 2. The molecule has 0 atom stereocenters. The minimum atomic E-state index is -0.175. The zero-order valence-electron chi connectivity index (χ0n) is 15.9. The molecule has 0 amide bonds. The Morgan fingerprint density at radius 3 is 1.88 bits per heavy atom. The summed E-state index contributed by atoms with van der Waals surface area (Å²) in [5.41, 5.74) is 2.51. The summed E-state index contributed by atoms with van der Waals surface area (Å²) < 4.78 is 14.6. The maximum Gasteiger partial charge on any atom is 0.357 e. The van der Waals surface area contributed by atoms with Crippen LogP contribution in [0.2, 0.25) is 0 Å². The Balaban J connectivity index is 2.00. The average molecular weight is 453 g/mol. The standard InChI is InChI=1S/C22H30IO2/c1-5-7-13-24-21-11-9-19(10-12-21)23-20-15-17(3)22(18(4)16-20)25-14-8-6-2/h9-12,15-16H,5-8,13-14H2,1-4H3/q+1. The smallest absolute Gasteiger partial charge is 0.357 e. The maximum atomic E-state index is 5.97. The molecular formula is C22H30IO2+. The van der Waals surface area contributed by atoms with Gasteiger partial charge in [0, 0.05) is 0 Å². The zero-order chi connectivity index (χ0) is 18.1. The summed E-state index contributed by atoms with van der Waals surface area (Å²) in [5.74, 6) is 2.05. The van der Waals surface area contributed by atoms with E-state index in [4.69, 9.17) is 9.47 Å². The molecule has 0 unspecified atom stereocenters. The van der Waals surface area contributed by atoms with Crippen LogP contribution < -0.4 is 30.7 Å². The first-order chi connectivity index (χ1) is 12.1. The van der Waals surface area contributed by atoms with E-state index in [0.717, 1.165) is 37.6 Å². The highest BCUT2D eigenvalue weighted by Gasteiger charge is 2.19. The fourth-order valence-corrected chi connectivity index (χ4v) is 5.24. The second-order valence-corrected chi connectivity index (χ2v) is 9.35. The van der Waals surface area contributed by atoms with E-state index >= 15 is 0 Å². The van der Waals surface area contributed by atoms with E-state index in [1.807, 2.05) is 0 Å². The molecule has 0 aliphatic carbocycles. The Bertz CT molecular complexity index is 627. The molecule has 0 aliphatic rings. The fourth-order valence-electron chi connectivity index (χ4n) is 2.55. The summed E-state index contributed by atoms with van der Waals surface area (Å²) in [6.45, 7) is 10.3. The van der Waals surface area contributed by atoms with Crippen molar-refractivity contribution < 1.29 is 30.7 Å². The van der Waals surface area contributed by atoms with Gasteiger partial charge in [-0.05, 0) is 74.2 Å². The summed E-state index contributed by atoms with van der Waals surface area (Å²) in [6.07, 6.45) is 4.56. The molecule has 2 nitrogen and oxygen atoms in total. The van der Waals surface area contributed by atoms with Crippen LogP contribution in [0.1, 0.15) is 50.7 Å². The van der Waals surface area contributed by atoms with Gasteiger partial charge in [-0.3, -0.25) is 0 Å². The number of halogens is 1. The van der Waals surface area contributed by atoms with Crippen LogP contribution in [0, 0.1) is 21.0 Å². The Kier molecular flexibility index (Phi) is 8.59. The third-order valence-electron chi connectivity index (χ3n) is 3.97. The van der Waals surface area contributed by atoms with Crippen molar-refractivity contribution in [1.82, 2.24) is 0 Å². The van der Waals surface area contributed by atoms with E-state index in [-0.39, 0.29) is 21.2 Å². The van der Waals surface area contributed by atoms with E-state index in [2.05, 4.69) is 64.1 Å². The van der Waals surface area contributed by atoms with Gasteiger partial charge >= 0.3 is 21.2 Å². The van der Waals surface area contributed by atoms with E-state index in [0.29, 0.717) is 0 Å². The molecule has 0 saturated carbocycles. The van der Waals surface area contributed by atoms with E-state index < -0.39 is 0 Å². The number of aryl methyl sites for hydroxylation is 2. The van der Waals surface area contributed by atoms with Crippen molar-refractivity contribution in [1.29, 1.82) is 0 Å². The number of rotatable bonds is 10. The van der Waals surface area contributed by atoms with Crippen molar-refractivity contribution in [3.63, 3.8) is 0 Å².